The van der Waals surface area contributed by atoms with Gasteiger partial charge in [-0.05, 0) is 13.0 Å². The van der Waals surface area contributed by atoms with Gasteiger partial charge in [-0.25, -0.2) is 4.98 Å². The molecule has 0 bridgehead atoms. The Balaban J connectivity index is 2.44. The van der Waals surface area contributed by atoms with Crippen molar-refractivity contribution in [2.75, 3.05) is 5.73 Å². The first kappa shape index (κ1) is 14.4. The third kappa shape index (κ3) is 2.92. The van der Waals surface area contributed by atoms with Crippen LogP contribution < -0.4 is 10.5 Å². The van der Waals surface area contributed by atoms with E-state index in [2.05, 4.69) is 4.98 Å². The SMILES string of the molecule is Cc1nc(Oc2cc(Cl)c(Cl)cc2[N+](=O)[O-])ccc1N. The van der Waals surface area contributed by atoms with E-state index in [1.807, 2.05) is 0 Å². The number of halogens is 2. The van der Waals surface area contributed by atoms with Crippen LogP contribution in [-0.4, -0.2) is 9.91 Å². The fourth-order valence-electron chi connectivity index (χ4n) is 1.46. The molecule has 2 rings (SSSR count). The van der Waals surface area contributed by atoms with E-state index in [1.165, 1.54) is 12.1 Å². The lowest BCUT2D eigenvalue weighted by Crippen LogP contribution is -1.98. The number of nitrogens with zero attached hydrogens (tertiary/aromatic N) is 2. The molecular formula is C12H9Cl2N3O3. The smallest absolute Gasteiger partial charge is 0.313 e. The van der Waals surface area contributed by atoms with Crippen LogP contribution in [0.3, 0.4) is 0 Å². The third-order valence-corrected chi connectivity index (χ3v) is 3.24. The summed E-state index contributed by atoms with van der Waals surface area (Å²) in [4.78, 5) is 14.4. The first-order valence-corrected chi connectivity index (χ1v) is 6.18. The molecule has 0 radical (unpaired) electrons. The number of benzene rings is 1. The number of nitrogen functional groups attached to an aromatic ring is 1. The summed E-state index contributed by atoms with van der Waals surface area (Å²) in [6.45, 7) is 1.70. The van der Waals surface area contributed by atoms with E-state index in [-0.39, 0.29) is 27.4 Å². The number of pyridine rings is 1. The fourth-order valence-corrected chi connectivity index (χ4v) is 1.77. The Labute approximate surface area is 124 Å². The lowest BCUT2D eigenvalue weighted by atomic mass is 10.3. The van der Waals surface area contributed by atoms with E-state index in [0.717, 1.165) is 6.07 Å². The molecule has 0 saturated carbocycles. The molecule has 0 aliphatic heterocycles. The zero-order valence-corrected chi connectivity index (χ0v) is 11.8. The molecule has 1 aromatic heterocycles. The molecule has 8 heteroatoms. The normalized spacial score (nSPS) is 10.3. The molecule has 0 unspecified atom stereocenters. The second kappa shape index (κ2) is 5.52. The van der Waals surface area contributed by atoms with Crippen molar-refractivity contribution in [3.63, 3.8) is 0 Å². The number of aryl methyl sites for hydroxylation is 1. The van der Waals surface area contributed by atoms with Crippen molar-refractivity contribution < 1.29 is 9.66 Å². The van der Waals surface area contributed by atoms with Gasteiger partial charge in [0.05, 0.1) is 26.3 Å². The summed E-state index contributed by atoms with van der Waals surface area (Å²) in [5, 5.41) is 11.2. The molecule has 0 spiro atoms. The van der Waals surface area contributed by atoms with Crippen molar-refractivity contribution in [2.24, 2.45) is 0 Å². The Morgan fingerprint density at radius 1 is 1.30 bits per heavy atom. The number of anilines is 1. The first-order valence-electron chi connectivity index (χ1n) is 5.43. The monoisotopic (exact) mass is 313 g/mol. The highest BCUT2D eigenvalue weighted by molar-refractivity contribution is 6.42. The van der Waals surface area contributed by atoms with Crippen molar-refractivity contribution in [3.05, 3.63) is 50.1 Å². The number of hydrogen-bond acceptors (Lipinski definition) is 5. The van der Waals surface area contributed by atoms with Gasteiger partial charge in [0.15, 0.2) is 0 Å². The summed E-state index contributed by atoms with van der Waals surface area (Å²) in [5.41, 5.74) is 6.40. The highest BCUT2D eigenvalue weighted by atomic mass is 35.5. The van der Waals surface area contributed by atoms with E-state index in [9.17, 15) is 10.1 Å². The predicted octanol–water partition coefficient (Wildman–Crippen LogP) is 3.98. The van der Waals surface area contributed by atoms with Crippen LogP contribution in [0.5, 0.6) is 11.6 Å². The van der Waals surface area contributed by atoms with Crippen molar-refractivity contribution in [3.8, 4) is 11.6 Å². The minimum absolute atomic E-state index is 0.0407. The summed E-state index contributed by atoms with van der Waals surface area (Å²) < 4.78 is 5.39. The van der Waals surface area contributed by atoms with Crippen LogP contribution in [-0.2, 0) is 0 Å². The maximum atomic E-state index is 11.0. The van der Waals surface area contributed by atoms with Crippen LogP contribution >= 0.6 is 23.2 Å². The largest absolute Gasteiger partial charge is 0.432 e. The summed E-state index contributed by atoms with van der Waals surface area (Å²) in [5.74, 6) is 0.138. The van der Waals surface area contributed by atoms with Crippen molar-refractivity contribution >= 4 is 34.6 Å². The number of nitro benzene ring substituents is 1. The van der Waals surface area contributed by atoms with Gasteiger partial charge in [0.1, 0.15) is 0 Å². The Morgan fingerprint density at radius 3 is 2.55 bits per heavy atom. The molecule has 0 fully saturated rings. The topological polar surface area (TPSA) is 91.3 Å². The predicted molar refractivity (Wildman–Crippen MR) is 76.6 cm³/mol. The molecule has 1 aromatic carbocycles. The first-order chi connectivity index (χ1) is 9.38. The summed E-state index contributed by atoms with van der Waals surface area (Å²) in [7, 11) is 0. The highest BCUT2D eigenvalue weighted by Gasteiger charge is 2.19. The van der Waals surface area contributed by atoms with Gasteiger partial charge in [-0.2, -0.15) is 0 Å². The number of hydrogen-bond donors (Lipinski definition) is 1. The lowest BCUT2D eigenvalue weighted by Gasteiger charge is -2.08. The average Bonchev–Trinajstić information content (AvgIpc) is 2.37. The number of nitrogens with two attached hydrogens (primary N) is 1. The zero-order valence-electron chi connectivity index (χ0n) is 10.3. The molecule has 20 heavy (non-hydrogen) atoms. The van der Waals surface area contributed by atoms with Gasteiger partial charge in [0.2, 0.25) is 11.6 Å². The van der Waals surface area contributed by atoms with E-state index in [0.29, 0.717) is 11.4 Å². The molecule has 0 aliphatic carbocycles. The molecule has 2 aromatic rings. The molecule has 6 nitrogen and oxygen atoms in total. The summed E-state index contributed by atoms with van der Waals surface area (Å²) in [6, 6.07) is 5.51. The molecule has 0 aliphatic rings. The molecule has 0 amide bonds. The fraction of sp³-hybridized carbons (Fsp3) is 0.0833. The van der Waals surface area contributed by atoms with E-state index < -0.39 is 4.92 Å². The summed E-state index contributed by atoms with van der Waals surface area (Å²) in [6.07, 6.45) is 0. The number of ether oxygens (including phenoxy) is 1. The zero-order chi connectivity index (χ0) is 14.9. The summed E-state index contributed by atoms with van der Waals surface area (Å²) >= 11 is 11.6. The van der Waals surface area contributed by atoms with Crippen LogP contribution in [0, 0.1) is 17.0 Å². The van der Waals surface area contributed by atoms with Gasteiger partial charge in [-0.1, -0.05) is 23.2 Å². The molecule has 104 valence electrons. The number of aromatic nitrogens is 1. The Morgan fingerprint density at radius 2 is 1.95 bits per heavy atom. The van der Waals surface area contributed by atoms with Crippen LogP contribution in [0.2, 0.25) is 10.0 Å². The van der Waals surface area contributed by atoms with Gasteiger partial charge < -0.3 is 10.5 Å². The Kier molecular flexibility index (Phi) is 3.96. The lowest BCUT2D eigenvalue weighted by molar-refractivity contribution is -0.385. The van der Waals surface area contributed by atoms with Crippen molar-refractivity contribution in [1.82, 2.24) is 4.98 Å². The Hall–Kier alpha value is -2.05. The van der Waals surface area contributed by atoms with Crippen LogP contribution in [0.25, 0.3) is 0 Å². The van der Waals surface area contributed by atoms with Gasteiger partial charge in [-0.3, -0.25) is 10.1 Å². The second-order valence-electron chi connectivity index (χ2n) is 3.92. The third-order valence-electron chi connectivity index (χ3n) is 2.51. The van der Waals surface area contributed by atoms with Gasteiger partial charge in [0, 0.05) is 18.2 Å². The quantitative estimate of drug-likeness (QED) is 0.683. The molecule has 0 atom stereocenters. The maximum absolute atomic E-state index is 11.0. The number of rotatable bonds is 3. The van der Waals surface area contributed by atoms with Gasteiger partial charge in [-0.15, -0.1) is 0 Å². The van der Waals surface area contributed by atoms with E-state index >= 15 is 0 Å². The minimum Gasteiger partial charge on any atom is -0.432 e. The standard InChI is InChI=1S/C12H9Cl2N3O3/c1-6-9(15)2-3-12(16-6)20-11-5-8(14)7(13)4-10(11)17(18)19/h2-5H,15H2,1H3. The average molecular weight is 314 g/mol. The van der Waals surface area contributed by atoms with Crippen molar-refractivity contribution in [1.29, 1.82) is 0 Å². The highest BCUT2D eigenvalue weighted by Crippen LogP contribution is 2.37. The molecular weight excluding hydrogens is 305 g/mol. The molecule has 0 saturated heterocycles. The second-order valence-corrected chi connectivity index (χ2v) is 4.73. The van der Waals surface area contributed by atoms with E-state index in [1.54, 1.807) is 13.0 Å². The number of nitro groups is 1. The van der Waals surface area contributed by atoms with Crippen molar-refractivity contribution in [2.45, 2.75) is 6.92 Å². The van der Waals surface area contributed by atoms with Crippen LogP contribution in [0.15, 0.2) is 24.3 Å². The van der Waals surface area contributed by atoms with Gasteiger partial charge in [0.25, 0.3) is 0 Å². The molecule has 2 N–H and O–H groups in total. The van der Waals surface area contributed by atoms with Crippen LogP contribution in [0.4, 0.5) is 11.4 Å². The van der Waals surface area contributed by atoms with Gasteiger partial charge >= 0.3 is 5.69 Å². The van der Waals surface area contributed by atoms with E-state index in [4.69, 9.17) is 33.7 Å². The molecule has 1 heterocycles. The Bertz CT molecular complexity index is 692. The minimum atomic E-state index is -0.609. The van der Waals surface area contributed by atoms with Crippen LogP contribution in [0.1, 0.15) is 5.69 Å². The maximum Gasteiger partial charge on any atom is 0.313 e.